The summed E-state index contributed by atoms with van der Waals surface area (Å²) in [6.45, 7) is 3.32. The summed E-state index contributed by atoms with van der Waals surface area (Å²) < 4.78 is 0. The Hall–Kier alpha value is -1.09. The largest absolute Gasteiger partial charge is 0.346 e. The van der Waals surface area contributed by atoms with Crippen LogP contribution < -0.4 is 5.32 Å². The molecule has 1 N–H and O–H groups in total. The van der Waals surface area contributed by atoms with Crippen LogP contribution in [0.5, 0.6) is 0 Å². The van der Waals surface area contributed by atoms with Gasteiger partial charge in [0.15, 0.2) is 5.11 Å². The zero-order valence-corrected chi connectivity index (χ0v) is 10.5. The molecule has 1 aliphatic heterocycles. The van der Waals surface area contributed by atoms with Crippen LogP contribution in [-0.2, 0) is 0 Å². The highest BCUT2D eigenvalue weighted by atomic mass is 32.1. The second-order valence-corrected chi connectivity index (χ2v) is 4.58. The molecule has 1 aromatic rings. The maximum absolute atomic E-state index is 5.45. The van der Waals surface area contributed by atoms with Crippen molar-refractivity contribution in [2.75, 3.05) is 11.9 Å². The van der Waals surface area contributed by atoms with E-state index in [1.807, 2.05) is 30.3 Å². The number of likely N-dealkylation sites (tertiary alicyclic amines) is 1. The van der Waals surface area contributed by atoms with Crippen molar-refractivity contribution >= 4 is 23.0 Å². The van der Waals surface area contributed by atoms with Gasteiger partial charge in [-0.2, -0.15) is 0 Å². The summed E-state index contributed by atoms with van der Waals surface area (Å²) in [7, 11) is 0. The molecule has 1 aromatic carbocycles. The number of rotatable bonds is 2. The molecule has 0 amide bonds. The lowest BCUT2D eigenvalue weighted by Crippen LogP contribution is -2.38. The van der Waals surface area contributed by atoms with Crippen molar-refractivity contribution in [1.29, 1.82) is 0 Å². The second kappa shape index (κ2) is 5.30. The first-order valence-electron chi connectivity index (χ1n) is 5.94. The van der Waals surface area contributed by atoms with E-state index >= 15 is 0 Å². The van der Waals surface area contributed by atoms with Gasteiger partial charge in [0.2, 0.25) is 0 Å². The molecule has 1 saturated heterocycles. The van der Waals surface area contributed by atoms with E-state index in [0.29, 0.717) is 6.04 Å². The van der Waals surface area contributed by atoms with Crippen LogP contribution in [0, 0.1) is 0 Å². The number of nitrogens with one attached hydrogen (secondary N) is 1. The average Bonchev–Trinajstić information content (AvgIpc) is 2.78. The van der Waals surface area contributed by atoms with Crippen molar-refractivity contribution < 1.29 is 0 Å². The molecule has 0 aliphatic carbocycles. The summed E-state index contributed by atoms with van der Waals surface area (Å²) in [5, 5.41) is 4.18. The Bertz CT molecular complexity index is 350. The van der Waals surface area contributed by atoms with Gasteiger partial charge in [0.1, 0.15) is 0 Å². The summed E-state index contributed by atoms with van der Waals surface area (Å²) >= 11 is 5.45. The minimum atomic E-state index is 0.628. The minimum absolute atomic E-state index is 0.628. The Morgan fingerprint density at radius 2 is 2.19 bits per heavy atom. The van der Waals surface area contributed by atoms with Crippen molar-refractivity contribution in [2.45, 2.75) is 32.2 Å². The average molecular weight is 234 g/mol. The van der Waals surface area contributed by atoms with Crippen molar-refractivity contribution in [3.63, 3.8) is 0 Å². The summed E-state index contributed by atoms with van der Waals surface area (Å²) in [5.41, 5.74) is 1.08. The predicted molar refractivity (Wildman–Crippen MR) is 72.7 cm³/mol. The van der Waals surface area contributed by atoms with Crippen LogP contribution in [-0.4, -0.2) is 22.6 Å². The lowest BCUT2D eigenvalue weighted by molar-refractivity contribution is 0.385. The molecule has 2 nitrogen and oxygen atoms in total. The van der Waals surface area contributed by atoms with E-state index in [9.17, 15) is 0 Å². The molecule has 0 saturated carbocycles. The molecule has 1 fully saturated rings. The Labute approximate surface area is 103 Å². The maximum atomic E-state index is 5.45. The van der Waals surface area contributed by atoms with Gasteiger partial charge in [-0.15, -0.1) is 0 Å². The monoisotopic (exact) mass is 234 g/mol. The Morgan fingerprint density at radius 3 is 2.88 bits per heavy atom. The van der Waals surface area contributed by atoms with Gasteiger partial charge in [-0.05, 0) is 43.6 Å². The molecule has 16 heavy (non-hydrogen) atoms. The molecule has 1 atom stereocenters. The van der Waals surface area contributed by atoms with E-state index in [2.05, 4.69) is 17.1 Å². The van der Waals surface area contributed by atoms with E-state index < -0.39 is 0 Å². The molecular weight excluding hydrogens is 216 g/mol. The van der Waals surface area contributed by atoms with Crippen LogP contribution in [0.4, 0.5) is 5.69 Å². The highest BCUT2D eigenvalue weighted by molar-refractivity contribution is 7.80. The van der Waals surface area contributed by atoms with E-state index in [1.165, 1.54) is 19.3 Å². The van der Waals surface area contributed by atoms with Crippen LogP contribution in [0.15, 0.2) is 30.3 Å². The van der Waals surface area contributed by atoms with Crippen LogP contribution in [0.1, 0.15) is 26.2 Å². The quantitative estimate of drug-likeness (QED) is 0.791. The highest BCUT2D eigenvalue weighted by Gasteiger charge is 2.24. The number of thiocarbonyl (C=S) groups is 1. The molecule has 2 rings (SSSR count). The van der Waals surface area contributed by atoms with Gasteiger partial charge in [0, 0.05) is 18.3 Å². The molecule has 0 bridgehead atoms. The van der Waals surface area contributed by atoms with Crippen molar-refractivity contribution in [3.05, 3.63) is 30.3 Å². The zero-order chi connectivity index (χ0) is 11.4. The highest BCUT2D eigenvalue weighted by Crippen LogP contribution is 2.21. The summed E-state index contributed by atoms with van der Waals surface area (Å²) in [4.78, 5) is 2.32. The molecular formula is C13H18N2S. The third-order valence-electron chi connectivity index (χ3n) is 3.13. The van der Waals surface area contributed by atoms with E-state index in [4.69, 9.17) is 12.2 Å². The molecule has 0 aromatic heterocycles. The van der Waals surface area contributed by atoms with Crippen LogP contribution >= 0.6 is 12.2 Å². The Balaban J connectivity index is 1.98. The number of hydrogen-bond acceptors (Lipinski definition) is 1. The fourth-order valence-corrected chi connectivity index (χ4v) is 2.60. The SMILES string of the molecule is CCC1CCCN1C(=S)Nc1ccccc1. The lowest BCUT2D eigenvalue weighted by Gasteiger charge is -2.26. The third-order valence-corrected chi connectivity index (χ3v) is 3.47. The van der Waals surface area contributed by atoms with E-state index in [0.717, 1.165) is 17.3 Å². The first-order chi connectivity index (χ1) is 7.81. The number of hydrogen-bond donors (Lipinski definition) is 1. The van der Waals surface area contributed by atoms with Gasteiger partial charge >= 0.3 is 0 Å². The summed E-state index contributed by atoms with van der Waals surface area (Å²) in [6.07, 6.45) is 3.71. The minimum Gasteiger partial charge on any atom is -0.346 e. The van der Waals surface area contributed by atoms with Gasteiger partial charge in [0.25, 0.3) is 0 Å². The van der Waals surface area contributed by atoms with Gasteiger partial charge in [-0.3, -0.25) is 0 Å². The number of para-hydroxylation sites is 1. The zero-order valence-electron chi connectivity index (χ0n) is 9.65. The van der Waals surface area contributed by atoms with Crippen LogP contribution in [0.3, 0.4) is 0 Å². The maximum Gasteiger partial charge on any atom is 0.173 e. The molecule has 0 radical (unpaired) electrons. The van der Waals surface area contributed by atoms with Crippen molar-refractivity contribution in [3.8, 4) is 0 Å². The Morgan fingerprint density at radius 1 is 1.44 bits per heavy atom. The van der Waals surface area contributed by atoms with E-state index in [-0.39, 0.29) is 0 Å². The number of benzene rings is 1. The van der Waals surface area contributed by atoms with Crippen LogP contribution in [0.2, 0.25) is 0 Å². The molecule has 0 spiro atoms. The second-order valence-electron chi connectivity index (χ2n) is 4.19. The lowest BCUT2D eigenvalue weighted by atomic mass is 10.2. The molecule has 1 heterocycles. The summed E-state index contributed by atoms with van der Waals surface area (Å²) in [6, 6.07) is 10.8. The molecule has 3 heteroatoms. The molecule has 86 valence electrons. The standard InChI is InChI=1S/C13H18N2S/c1-2-12-9-6-10-15(12)13(16)14-11-7-4-3-5-8-11/h3-5,7-8,12H,2,6,9-10H2,1H3,(H,14,16). The third kappa shape index (κ3) is 2.53. The van der Waals surface area contributed by atoms with Gasteiger partial charge in [0.05, 0.1) is 0 Å². The predicted octanol–water partition coefficient (Wildman–Crippen LogP) is 3.26. The van der Waals surface area contributed by atoms with Crippen LogP contribution in [0.25, 0.3) is 0 Å². The molecule has 1 aliphatic rings. The normalized spacial score (nSPS) is 19.8. The number of nitrogens with zero attached hydrogens (tertiary/aromatic N) is 1. The first kappa shape index (κ1) is 11.4. The van der Waals surface area contributed by atoms with Gasteiger partial charge < -0.3 is 10.2 Å². The Kier molecular flexibility index (Phi) is 3.78. The van der Waals surface area contributed by atoms with Gasteiger partial charge in [-0.25, -0.2) is 0 Å². The molecule has 1 unspecified atom stereocenters. The van der Waals surface area contributed by atoms with Crippen molar-refractivity contribution in [2.24, 2.45) is 0 Å². The summed E-state index contributed by atoms with van der Waals surface area (Å²) in [5.74, 6) is 0. The first-order valence-corrected chi connectivity index (χ1v) is 6.34. The topological polar surface area (TPSA) is 15.3 Å². The fourth-order valence-electron chi connectivity index (χ4n) is 2.24. The fraction of sp³-hybridized carbons (Fsp3) is 0.462. The van der Waals surface area contributed by atoms with Gasteiger partial charge in [-0.1, -0.05) is 25.1 Å². The number of anilines is 1. The van der Waals surface area contributed by atoms with E-state index in [1.54, 1.807) is 0 Å². The van der Waals surface area contributed by atoms with Crippen molar-refractivity contribution in [1.82, 2.24) is 4.90 Å². The smallest absolute Gasteiger partial charge is 0.173 e.